The van der Waals surface area contributed by atoms with Gasteiger partial charge < -0.3 is 24.3 Å². The fraction of sp³-hybridized carbons (Fsp3) is 0.588. The van der Waals surface area contributed by atoms with Crippen molar-refractivity contribution in [3.63, 3.8) is 0 Å². The molecule has 1 aromatic rings. The first-order chi connectivity index (χ1) is 12.1. The average molecular weight is 349 g/mol. The van der Waals surface area contributed by atoms with Crippen molar-refractivity contribution in [1.82, 2.24) is 15.1 Å². The van der Waals surface area contributed by atoms with Gasteiger partial charge in [-0.3, -0.25) is 9.59 Å². The van der Waals surface area contributed by atoms with Crippen molar-refractivity contribution < 1.29 is 23.5 Å². The second-order valence-electron chi connectivity index (χ2n) is 6.32. The summed E-state index contributed by atoms with van der Waals surface area (Å²) in [5.74, 6) is 0.259. The topological polar surface area (TPSA) is 92.1 Å². The van der Waals surface area contributed by atoms with Gasteiger partial charge in [-0.1, -0.05) is 0 Å². The average Bonchev–Trinajstić information content (AvgIpc) is 3.28. The van der Waals surface area contributed by atoms with Crippen molar-refractivity contribution in [2.24, 2.45) is 5.41 Å². The molecule has 2 fully saturated rings. The van der Waals surface area contributed by atoms with Crippen molar-refractivity contribution in [3.8, 4) is 0 Å². The lowest BCUT2D eigenvalue weighted by molar-refractivity contribution is -0.145. The lowest BCUT2D eigenvalue weighted by atomic mass is 10.0. The normalized spacial score (nSPS) is 18.6. The maximum absolute atomic E-state index is 12.8. The van der Waals surface area contributed by atoms with Gasteiger partial charge in [0.2, 0.25) is 11.8 Å². The number of amides is 3. The van der Waals surface area contributed by atoms with E-state index in [1.807, 2.05) is 0 Å². The highest BCUT2D eigenvalue weighted by atomic mass is 16.6. The SMILES string of the molecule is CCOC(=O)N1CCN(C(=O)C2(C(=O)NCc3ccco3)CC2)CC1. The van der Waals surface area contributed by atoms with Gasteiger partial charge in [-0.2, -0.15) is 0 Å². The predicted molar refractivity (Wildman–Crippen MR) is 87.4 cm³/mol. The number of nitrogens with one attached hydrogen (secondary N) is 1. The Labute approximate surface area is 146 Å². The number of nitrogens with zero attached hydrogens (tertiary/aromatic N) is 2. The van der Waals surface area contributed by atoms with Crippen LogP contribution in [0.3, 0.4) is 0 Å². The Morgan fingerprint density at radius 2 is 1.88 bits per heavy atom. The molecule has 1 aliphatic carbocycles. The van der Waals surface area contributed by atoms with Crippen LogP contribution in [0, 0.1) is 5.41 Å². The van der Waals surface area contributed by atoms with Crippen molar-refractivity contribution in [2.75, 3.05) is 32.8 Å². The van der Waals surface area contributed by atoms with Gasteiger partial charge in [-0.15, -0.1) is 0 Å². The van der Waals surface area contributed by atoms with E-state index >= 15 is 0 Å². The Hall–Kier alpha value is -2.51. The molecule has 2 aliphatic rings. The molecule has 3 rings (SSSR count). The summed E-state index contributed by atoms with van der Waals surface area (Å²) in [5, 5.41) is 2.79. The number of hydrogen-bond donors (Lipinski definition) is 1. The van der Waals surface area contributed by atoms with Crippen LogP contribution in [0.15, 0.2) is 22.8 Å². The summed E-state index contributed by atoms with van der Waals surface area (Å²) >= 11 is 0. The molecular formula is C17H23N3O5. The number of rotatable bonds is 5. The van der Waals surface area contributed by atoms with Crippen molar-refractivity contribution in [2.45, 2.75) is 26.3 Å². The van der Waals surface area contributed by atoms with Crippen LogP contribution in [-0.2, 0) is 20.9 Å². The number of carbonyl (C=O) groups is 3. The Kier molecular flexibility index (Phi) is 4.96. The van der Waals surface area contributed by atoms with Crippen LogP contribution in [0.25, 0.3) is 0 Å². The molecule has 25 heavy (non-hydrogen) atoms. The molecule has 0 spiro atoms. The molecule has 1 saturated carbocycles. The first-order valence-corrected chi connectivity index (χ1v) is 8.58. The van der Waals surface area contributed by atoms with Crippen molar-refractivity contribution in [1.29, 1.82) is 0 Å². The highest BCUT2D eigenvalue weighted by Crippen LogP contribution is 2.47. The number of ether oxygens (including phenoxy) is 1. The third-order valence-electron chi connectivity index (χ3n) is 4.69. The van der Waals surface area contributed by atoms with Crippen molar-refractivity contribution in [3.05, 3.63) is 24.2 Å². The molecule has 1 saturated heterocycles. The fourth-order valence-electron chi connectivity index (χ4n) is 3.02. The third-order valence-corrected chi connectivity index (χ3v) is 4.69. The van der Waals surface area contributed by atoms with Gasteiger partial charge in [0.25, 0.3) is 0 Å². The minimum Gasteiger partial charge on any atom is -0.467 e. The molecule has 2 heterocycles. The maximum atomic E-state index is 12.8. The van der Waals surface area contributed by atoms with E-state index in [1.54, 1.807) is 35.1 Å². The Morgan fingerprint density at radius 3 is 2.44 bits per heavy atom. The molecule has 0 aromatic carbocycles. The van der Waals surface area contributed by atoms with Crippen LogP contribution in [0.2, 0.25) is 0 Å². The molecule has 0 bridgehead atoms. The largest absolute Gasteiger partial charge is 0.467 e. The molecule has 1 aromatic heterocycles. The molecule has 136 valence electrons. The Bertz CT molecular complexity index is 631. The summed E-state index contributed by atoms with van der Waals surface area (Å²) in [6.07, 6.45) is 2.32. The van der Waals surface area contributed by atoms with Gasteiger partial charge in [0.05, 0.1) is 19.4 Å². The van der Waals surface area contributed by atoms with E-state index in [0.717, 1.165) is 0 Å². The quantitative estimate of drug-likeness (QED) is 0.800. The number of piperazine rings is 1. The summed E-state index contributed by atoms with van der Waals surface area (Å²) in [6.45, 7) is 4.06. The second kappa shape index (κ2) is 7.16. The molecule has 8 heteroatoms. The van der Waals surface area contributed by atoms with Crippen LogP contribution in [0.4, 0.5) is 4.79 Å². The van der Waals surface area contributed by atoms with E-state index in [-0.39, 0.29) is 24.5 Å². The first kappa shape index (κ1) is 17.3. The minimum absolute atomic E-state index is 0.145. The number of carbonyl (C=O) groups excluding carboxylic acids is 3. The van der Waals surface area contributed by atoms with E-state index in [2.05, 4.69) is 5.32 Å². The third kappa shape index (κ3) is 3.62. The zero-order valence-electron chi connectivity index (χ0n) is 14.3. The Morgan fingerprint density at radius 1 is 1.20 bits per heavy atom. The molecule has 0 radical (unpaired) electrons. The number of furan rings is 1. The van der Waals surface area contributed by atoms with E-state index < -0.39 is 5.41 Å². The van der Waals surface area contributed by atoms with Gasteiger partial charge in [-0.25, -0.2) is 4.79 Å². The Balaban J connectivity index is 1.52. The highest BCUT2D eigenvalue weighted by Gasteiger charge is 2.58. The molecule has 1 N–H and O–H groups in total. The predicted octanol–water partition coefficient (Wildman–Crippen LogP) is 0.977. The molecule has 3 amide bonds. The smallest absolute Gasteiger partial charge is 0.409 e. The highest BCUT2D eigenvalue weighted by molar-refractivity contribution is 6.07. The van der Waals surface area contributed by atoms with Gasteiger partial charge in [0.1, 0.15) is 11.2 Å². The van der Waals surface area contributed by atoms with Gasteiger partial charge in [-0.05, 0) is 31.9 Å². The van der Waals surface area contributed by atoms with Gasteiger partial charge in [0, 0.05) is 26.2 Å². The molecular weight excluding hydrogens is 326 g/mol. The summed E-state index contributed by atoms with van der Waals surface area (Å²) in [6, 6.07) is 3.53. The summed E-state index contributed by atoms with van der Waals surface area (Å²) in [4.78, 5) is 40.3. The van der Waals surface area contributed by atoms with Crippen molar-refractivity contribution >= 4 is 17.9 Å². The zero-order valence-corrected chi connectivity index (χ0v) is 14.3. The van der Waals surface area contributed by atoms with Crippen LogP contribution < -0.4 is 5.32 Å². The lowest BCUT2D eigenvalue weighted by Gasteiger charge is -2.35. The molecule has 0 atom stereocenters. The van der Waals surface area contributed by atoms with E-state index in [0.29, 0.717) is 51.4 Å². The zero-order chi connectivity index (χ0) is 17.9. The van der Waals surface area contributed by atoms with Crippen LogP contribution >= 0.6 is 0 Å². The molecule has 0 unspecified atom stereocenters. The molecule has 1 aliphatic heterocycles. The van der Waals surface area contributed by atoms with Crippen LogP contribution in [-0.4, -0.2) is 60.5 Å². The monoisotopic (exact) mass is 349 g/mol. The maximum Gasteiger partial charge on any atom is 0.409 e. The first-order valence-electron chi connectivity index (χ1n) is 8.58. The fourth-order valence-corrected chi connectivity index (χ4v) is 3.02. The standard InChI is InChI=1S/C17H23N3O5/c1-2-24-16(23)20-9-7-19(8-10-20)15(22)17(5-6-17)14(21)18-12-13-4-3-11-25-13/h3-4,11H,2,5-10,12H2,1H3,(H,18,21). The van der Waals surface area contributed by atoms with Crippen LogP contribution in [0.1, 0.15) is 25.5 Å². The van der Waals surface area contributed by atoms with Gasteiger partial charge >= 0.3 is 6.09 Å². The summed E-state index contributed by atoms with van der Waals surface area (Å²) in [5.41, 5.74) is -0.946. The summed E-state index contributed by atoms with van der Waals surface area (Å²) in [7, 11) is 0. The summed E-state index contributed by atoms with van der Waals surface area (Å²) < 4.78 is 10.2. The lowest BCUT2D eigenvalue weighted by Crippen LogP contribution is -2.54. The van der Waals surface area contributed by atoms with E-state index in [9.17, 15) is 14.4 Å². The van der Waals surface area contributed by atoms with E-state index in [1.165, 1.54) is 0 Å². The van der Waals surface area contributed by atoms with Gasteiger partial charge in [0.15, 0.2) is 0 Å². The van der Waals surface area contributed by atoms with E-state index in [4.69, 9.17) is 9.15 Å². The van der Waals surface area contributed by atoms with Crippen LogP contribution in [0.5, 0.6) is 0 Å². The molecule has 8 nitrogen and oxygen atoms in total. The minimum atomic E-state index is -0.946. The second-order valence-corrected chi connectivity index (χ2v) is 6.32. The number of hydrogen-bond acceptors (Lipinski definition) is 5.